The number of carbonyl (C=O) groups excluding carboxylic acids is 2. The molecule has 0 spiro atoms. The SMILES string of the molecule is CC(C)COc1cccc(/C(O)=C2/C(=O)C(=O)N(CCCN(C)C)C2c2ccc(C(C)C)cc2)c1. The number of carbonyl (C=O) groups is 2. The van der Waals surface area contributed by atoms with Gasteiger partial charge in [-0.05, 0) is 62.2 Å². The first-order valence-electron chi connectivity index (χ1n) is 12.4. The van der Waals surface area contributed by atoms with Crippen molar-refractivity contribution in [1.82, 2.24) is 9.80 Å². The van der Waals surface area contributed by atoms with Gasteiger partial charge in [0.05, 0.1) is 18.2 Å². The minimum Gasteiger partial charge on any atom is -0.507 e. The predicted molar refractivity (Wildman–Crippen MR) is 139 cm³/mol. The lowest BCUT2D eigenvalue weighted by Crippen LogP contribution is -2.32. The number of nitrogens with zero attached hydrogens (tertiary/aromatic N) is 2. The van der Waals surface area contributed by atoms with Crippen molar-refractivity contribution in [2.75, 3.05) is 33.8 Å². The average Bonchev–Trinajstić information content (AvgIpc) is 3.07. The largest absolute Gasteiger partial charge is 0.507 e. The molecular weight excluding hydrogens is 440 g/mol. The second-order valence-electron chi connectivity index (χ2n) is 10.2. The zero-order valence-electron chi connectivity index (χ0n) is 21.7. The summed E-state index contributed by atoms with van der Waals surface area (Å²) in [5.74, 6) is -0.0703. The number of ketones is 1. The Morgan fingerprint density at radius 3 is 2.34 bits per heavy atom. The molecule has 0 radical (unpaired) electrons. The van der Waals surface area contributed by atoms with E-state index in [1.807, 2.05) is 49.3 Å². The fraction of sp³-hybridized carbons (Fsp3) is 0.448. The maximum atomic E-state index is 13.2. The summed E-state index contributed by atoms with van der Waals surface area (Å²) in [5, 5.41) is 11.3. The summed E-state index contributed by atoms with van der Waals surface area (Å²) >= 11 is 0. The molecule has 6 heteroatoms. The molecule has 0 aliphatic carbocycles. The van der Waals surface area contributed by atoms with E-state index in [4.69, 9.17) is 4.74 Å². The van der Waals surface area contributed by atoms with Crippen molar-refractivity contribution in [3.8, 4) is 5.75 Å². The van der Waals surface area contributed by atoms with Gasteiger partial charge in [-0.3, -0.25) is 9.59 Å². The Morgan fingerprint density at radius 1 is 1.06 bits per heavy atom. The van der Waals surface area contributed by atoms with Crippen LogP contribution in [-0.2, 0) is 9.59 Å². The Bertz CT molecular complexity index is 1070. The number of aliphatic hydroxyl groups is 1. The zero-order valence-corrected chi connectivity index (χ0v) is 21.7. The van der Waals surface area contributed by atoms with E-state index in [0.717, 1.165) is 18.5 Å². The van der Waals surface area contributed by atoms with Crippen LogP contribution < -0.4 is 4.74 Å². The third kappa shape index (κ3) is 6.31. The number of amides is 1. The van der Waals surface area contributed by atoms with Gasteiger partial charge in [0, 0.05) is 12.1 Å². The highest BCUT2D eigenvalue weighted by molar-refractivity contribution is 6.46. The fourth-order valence-electron chi connectivity index (χ4n) is 4.23. The number of likely N-dealkylation sites (tertiary alicyclic amines) is 1. The normalized spacial score (nSPS) is 17.7. The minimum atomic E-state index is -0.654. The molecule has 1 atom stereocenters. The molecule has 0 aromatic heterocycles. The van der Waals surface area contributed by atoms with E-state index in [-0.39, 0.29) is 11.3 Å². The molecule has 1 aliphatic heterocycles. The van der Waals surface area contributed by atoms with E-state index in [9.17, 15) is 14.7 Å². The Hall–Kier alpha value is -3.12. The highest BCUT2D eigenvalue weighted by Crippen LogP contribution is 2.40. The van der Waals surface area contributed by atoms with E-state index in [1.165, 1.54) is 5.56 Å². The third-order valence-electron chi connectivity index (χ3n) is 6.15. The van der Waals surface area contributed by atoms with Crippen molar-refractivity contribution in [3.63, 3.8) is 0 Å². The fourth-order valence-corrected chi connectivity index (χ4v) is 4.23. The van der Waals surface area contributed by atoms with Crippen LogP contribution in [0.15, 0.2) is 54.1 Å². The molecule has 1 unspecified atom stereocenters. The maximum Gasteiger partial charge on any atom is 0.295 e. The van der Waals surface area contributed by atoms with Gasteiger partial charge in [0.15, 0.2) is 0 Å². The highest BCUT2D eigenvalue weighted by Gasteiger charge is 2.45. The van der Waals surface area contributed by atoms with Crippen molar-refractivity contribution in [2.45, 2.75) is 46.1 Å². The molecule has 0 bridgehead atoms. The third-order valence-corrected chi connectivity index (χ3v) is 6.15. The van der Waals surface area contributed by atoms with Crippen molar-refractivity contribution >= 4 is 17.4 Å². The molecule has 0 saturated carbocycles. The highest BCUT2D eigenvalue weighted by atomic mass is 16.5. The monoisotopic (exact) mass is 478 g/mol. The van der Waals surface area contributed by atoms with Crippen molar-refractivity contribution in [1.29, 1.82) is 0 Å². The van der Waals surface area contributed by atoms with Gasteiger partial charge in [-0.1, -0.05) is 64.1 Å². The van der Waals surface area contributed by atoms with Gasteiger partial charge in [-0.25, -0.2) is 0 Å². The Kier molecular flexibility index (Phi) is 8.73. The number of ether oxygens (including phenoxy) is 1. The topological polar surface area (TPSA) is 70.1 Å². The summed E-state index contributed by atoms with van der Waals surface area (Å²) in [6.07, 6.45) is 0.721. The first-order valence-corrected chi connectivity index (χ1v) is 12.4. The molecular formula is C29H38N2O4. The van der Waals surface area contributed by atoms with Gasteiger partial charge in [-0.2, -0.15) is 0 Å². The maximum absolute atomic E-state index is 13.2. The predicted octanol–water partition coefficient (Wildman–Crippen LogP) is 5.22. The standard InChI is InChI=1S/C29H38N2O4/c1-19(2)18-35-24-10-7-9-23(17-24)27(32)25-26(22-13-11-21(12-14-22)20(3)4)31(29(34)28(25)33)16-8-15-30(5)6/h7,9-14,17,19-20,26,32H,8,15-16,18H2,1-6H3/b27-25-. The molecule has 2 aromatic carbocycles. The van der Waals surface area contributed by atoms with E-state index in [1.54, 1.807) is 23.1 Å². The molecule has 35 heavy (non-hydrogen) atoms. The second-order valence-corrected chi connectivity index (χ2v) is 10.2. The molecule has 1 N–H and O–H groups in total. The smallest absolute Gasteiger partial charge is 0.295 e. The van der Waals surface area contributed by atoms with Gasteiger partial charge in [0.1, 0.15) is 11.5 Å². The molecule has 2 aromatic rings. The van der Waals surface area contributed by atoms with Crippen LogP contribution in [0, 0.1) is 5.92 Å². The molecule has 1 heterocycles. The molecule has 1 fully saturated rings. The Labute approximate surface area is 209 Å². The zero-order chi connectivity index (χ0) is 25.7. The van der Waals surface area contributed by atoms with E-state index in [0.29, 0.717) is 36.3 Å². The van der Waals surface area contributed by atoms with Gasteiger partial charge in [-0.15, -0.1) is 0 Å². The van der Waals surface area contributed by atoms with E-state index >= 15 is 0 Å². The summed E-state index contributed by atoms with van der Waals surface area (Å²) in [6.45, 7) is 10.1. The molecule has 188 valence electrons. The number of benzene rings is 2. The van der Waals surface area contributed by atoms with Crippen LogP contribution in [-0.4, -0.2) is 60.4 Å². The van der Waals surface area contributed by atoms with Crippen LogP contribution in [0.3, 0.4) is 0 Å². The van der Waals surface area contributed by atoms with E-state index < -0.39 is 17.7 Å². The number of hydrogen-bond donors (Lipinski definition) is 1. The van der Waals surface area contributed by atoms with Crippen LogP contribution in [0.1, 0.15) is 62.8 Å². The van der Waals surface area contributed by atoms with Gasteiger partial charge >= 0.3 is 0 Å². The van der Waals surface area contributed by atoms with Gasteiger partial charge in [0.2, 0.25) is 0 Å². The molecule has 6 nitrogen and oxygen atoms in total. The van der Waals surface area contributed by atoms with Crippen molar-refractivity contribution in [2.24, 2.45) is 5.92 Å². The summed E-state index contributed by atoms with van der Waals surface area (Å²) in [5.41, 5.74) is 2.57. The van der Waals surface area contributed by atoms with Crippen LogP contribution in [0.4, 0.5) is 0 Å². The number of Topliss-reactive ketones (excluding diaryl/α,β-unsaturated/α-hetero) is 1. The Morgan fingerprint density at radius 2 is 1.74 bits per heavy atom. The second kappa shape index (κ2) is 11.5. The quantitative estimate of drug-likeness (QED) is 0.288. The number of aliphatic hydroxyl groups excluding tert-OH is 1. The van der Waals surface area contributed by atoms with E-state index in [2.05, 4.69) is 27.7 Å². The lowest BCUT2D eigenvalue weighted by molar-refractivity contribution is -0.139. The van der Waals surface area contributed by atoms with Crippen LogP contribution in [0.5, 0.6) is 5.75 Å². The summed E-state index contributed by atoms with van der Waals surface area (Å²) in [7, 11) is 3.95. The van der Waals surface area contributed by atoms with Crippen LogP contribution >= 0.6 is 0 Å². The minimum absolute atomic E-state index is 0.123. The van der Waals surface area contributed by atoms with Gasteiger partial charge in [0.25, 0.3) is 11.7 Å². The average molecular weight is 479 g/mol. The molecule has 1 saturated heterocycles. The number of hydrogen-bond acceptors (Lipinski definition) is 5. The van der Waals surface area contributed by atoms with Crippen molar-refractivity contribution in [3.05, 3.63) is 70.8 Å². The van der Waals surface area contributed by atoms with Gasteiger partial charge < -0.3 is 19.6 Å². The summed E-state index contributed by atoms with van der Waals surface area (Å²) in [6, 6.07) is 14.4. The van der Waals surface area contributed by atoms with Crippen LogP contribution in [0.25, 0.3) is 5.76 Å². The lowest BCUT2D eigenvalue weighted by Gasteiger charge is -2.26. The first-order chi connectivity index (χ1) is 16.6. The molecule has 3 rings (SSSR count). The number of rotatable bonds is 10. The Balaban J connectivity index is 2.05. The first kappa shape index (κ1) is 26.5. The summed E-state index contributed by atoms with van der Waals surface area (Å²) < 4.78 is 5.81. The molecule has 1 aliphatic rings. The summed E-state index contributed by atoms with van der Waals surface area (Å²) in [4.78, 5) is 30.0. The van der Waals surface area contributed by atoms with Crippen LogP contribution in [0.2, 0.25) is 0 Å². The van der Waals surface area contributed by atoms with Crippen molar-refractivity contribution < 1.29 is 19.4 Å². The lowest BCUT2D eigenvalue weighted by atomic mass is 9.93. The molecule has 1 amide bonds.